The predicted octanol–water partition coefficient (Wildman–Crippen LogP) is -0.595. The molecule has 17 heavy (non-hydrogen) atoms. The molecule has 0 saturated carbocycles. The van der Waals surface area contributed by atoms with Crippen LogP contribution in [0.15, 0.2) is 0 Å². The van der Waals surface area contributed by atoms with Gasteiger partial charge in [0.05, 0.1) is 12.2 Å². The van der Waals surface area contributed by atoms with Crippen molar-refractivity contribution in [2.45, 2.75) is 49.7 Å². The molecule has 0 amide bonds. The second kappa shape index (κ2) is 9.33. The van der Waals surface area contributed by atoms with Gasteiger partial charge < -0.3 is 26.2 Å². The Labute approximate surface area is 111 Å². The average molecular weight is 290 g/mol. The first-order valence-corrected chi connectivity index (χ1v) is 6.62. The van der Waals surface area contributed by atoms with Gasteiger partial charge in [0, 0.05) is 17.8 Å². The molecular formula is C10H21Cl2NO4. The first kappa shape index (κ1) is 17.4. The molecule has 7 heteroatoms. The maximum Gasteiger partial charge on any atom is 0.110 e. The number of hydrogen-bond acceptors (Lipinski definition) is 5. The Morgan fingerprint density at radius 1 is 0.824 bits per heavy atom. The second-order valence-electron chi connectivity index (χ2n) is 4.01. The number of rotatable bonds is 9. The molecular weight excluding hydrogens is 269 g/mol. The Kier molecular flexibility index (Phi) is 9.54. The zero-order valence-electron chi connectivity index (χ0n) is 9.54. The first-order valence-electron chi connectivity index (χ1n) is 5.55. The predicted molar refractivity (Wildman–Crippen MR) is 67.3 cm³/mol. The van der Waals surface area contributed by atoms with Crippen LogP contribution in [0.25, 0.3) is 0 Å². The fourth-order valence-corrected chi connectivity index (χ4v) is 1.84. The Hall–Kier alpha value is 0.380. The minimum absolute atomic E-state index is 0.246. The molecule has 1 unspecified atom stereocenters. The molecule has 104 valence electrons. The van der Waals surface area contributed by atoms with Gasteiger partial charge in [0.1, 0.15) is 12.2 Å². The summed E-state index contributed by atoms with van der Waals surface area (Å²) in [5.41, 5.74) is 5.56. The summed E-state index contributed by atoms with van der Waals surface area (Å²) in [6.45, 7) is 0. The van der Waals surface area contributed by atoms with Crippen molar-refractivity contribution in [3.63, 3.8) is 0 Å². The van der Waals surface area contributed by atoms with Crippen LogP contribution in [0.2, 0.25) is 0 Å². The van der Waals surface area contributed by atoms with Crippen molar-refractivity contribution >= 4 is 23.2 Å². The van der Waals surface area contributed by atoms with Gasteiger partial charge in [-0.2, -0.15) is 0 Å². The standard InChI is InChI=1S/C10H21Cl2NO4/c11-4-1-2-7(14)9(16)10(17)8(15)6(13)3-5-12/h6-10,14-17H,1-5,13H2/t6?,7-,8-,9-,10-/m1/s1. The van der Waals surface area contributed by atoms with Gasteiger partial charge in [-0.05, 0) is 19.3 Å². The van der Waals surface area contributed by atoms with Crippen LogP contribution in [0, 0.1) is 0 Å². The molecule has 0 heterocycles. The van der Waals surface area contributed by atoms with Crippen LogP contribution in [-0.4, -0.2) is 62.6 Å². The monoisotopic (exact) mass is 289 g/mol. The Balaban J connectivity index is 4.21. The largest absolute Gasteiger partial charge is 0.390 e. The smallest absolute Gasteiger partial charge is 0.110 e. The van der Waals surface area contributed by atoms with E-state index < -0.39 is 30.5 Å². The van der Waals surface area contributed by atoms with Crippen LogP contribution >= 0.6 is 23.2 Å². The highest BCUT2D eigenvalue weighted by Gasteiger charge is 2.32. The number of nitrogens with two attached hydrogens (primary N) is 1. The first-order chi connectivity index (χ1) is 7.95. The van der Waals surface area contributed by atoms with Crippen LogP contribution < -0.4 is 5.73 Å². The van der Waals surface area contributed by atoms with Crippen LogP contribution in [0.5, 0.6) is 0 Å². The molecule has 0 radical (unpaired) electrons. The minimum atomic E-state index is -1.50. The highest BCUT2D eigenvalue weighted by molar-refractivity contribution is 6.18. The maximum atomic E-state index is 9.64. The molecule has 0 saturated heterocycles. The molecule has 5 atom stereocenters. The van der Waals surface area contributed by atoms with E-state index in [1.165, 1.54) is 0 Å². The normalized spacial score (nSPS) is 20.6. The van der Waals surface area contributed by atoms with Gasteiger partial charge in [-0.3, -0.25) is 0 Å². The van der Waals surface area contributed by atoms with Crippen molar-refractivity contribution in [3.05, 3.63) is 0 Å². The van der Waals surface area contributed by atoms with E-state index in [1.807, 2.05) is 0 Å². The molecule has 0 aliphatic rings. The third-order valence-electron chi connectivity index (χ3n) is 2.61. The second-order valence-corrected chi connectivity index (χ2v) is 4.77. The highest BCUT2D eigenvalue weighted by atomic mass is 35.5. The molecule has 0 aliphatic heterocycles. The van der Waals surface area contributed by atoms with E-state index in [1.54, 1.807) is 0 Å². The zero-order chi connectivity index (χ0) is 13.4. The summed E-state index contributed by atoms with van der Waals surface area (Å²) in [4.78, 5) is 0. The average Bonchev–Trinajstić information content (AvgIpc) is 2.33. The molecule has 0 aliphatic carbocycles. The number of aliphatic hydroxyl groups is 4. The van der Waals surface area contributed by atoms with Crippen molar-refractivity contribution in [2.75, 3.05) is 11.8 Å². The SMILES string of the molecule is NC(CCCl)[C@@H](O)[C@@H](O)[C@H](O)[C@H](O)CCCCl. The van der Waals surface area contributed by atoms with Crippen LogP contribution in [0.4, 0.5) is 0 Å². The van der Waals surface area contributed by atoms with Gasteiger partial charge in [0.2, 0.25) is 0 Å². The van der Waals surface area contributed by atoms with E-state index in [0.717, 1.165) is 0 Å². The number of halogens is 2. The molecule has 5 nitrogen and oxygen atoms in total. The topological polar surface area (TPSA) is 107 Å². The quantitative estimate of drug-likeness (QED) is 0.365. The number of hydrogen-bond donors (Lipinski definition) is 5. The molecule has 0 fully saturated rings. The van der Waals surface area contributed by atoms with Crippen molar-refractivity contribution in [3.8, 4) is 0 Å². The molecule has 0 aromatic rings. The van der Waals surface area contributed by atoms with Gasteiger partial charge >= 0.3 is 0 Å². The van der Waals surface area contributed by atoms with Gasteiger partial charge in [-0.1, -0.05) is 0 Å². The lowest BCUT2D eigenvalue weighted by atomic mass is 9.95. The lowest BCUT2D eigenvalue weighted by molar-refractivity contribution is -0.111. The molecule has 0 rings (SSSR count). The van der Waals surface area contributed by atoms with Crippen molar-refractivity contribution in [2.24, 2.45) is 5.73 Å². The van der Waals surface area contributed by atoms with Crippen molar-refractivity contribution in [1.82, 2.24) is 0 Å². The van der Waals surface area contributed by atoms with Gasteiger partial charge in [0.15, 0.2) is 0 Å². The van der Waals surface area contributed by atoms with Crippen molar-refractivity contribution < 1.29 is 20.4 Å². The van der Waals surface area contributed by atoms with E-state index in [0.29, 0.717) is 18.7 Å². The lowest BCUT2D eigenvalue weighted by Crippen LogP contribution is -2.51. The fourth-order valence-electron chi connectivity index (χ4n) is 1.44. The summed E-state index contributed by atoms with van der Waals surface area (Å²) in [5.74, 6) is 0.601. The summed E-state index contributed by atoms with van der Waals surface area (Å²) >= 11 is 10.9. The molecule has 6 N–H and O–H groups in total. The van der Waals surface area contributed by atoms with Crippen molar-refractivity contribution in [1.29, 1.82) is 0 Å². The lowest BCUT2D eigenvalue weighted by Gasteiger charge is -2.29. The van der Waals surface area contributed by atoms with Gasteiger partial charge in [-0.25, -0.2) is 0 Å². The zero-order valence-corrected chi connectivity index (χ0v) is 11.1. The Morgan fingerprint density at radius 3 is 1.88 bits per heavy atom. The van der Waals surface area contributed by atoms with Crippen LogP contribution in [0.1, 0.15) is 19.3 Å². The van der Waals surface area contributed by atoms with Gasteiger partial charge in [-0.15, -0.1) is 23.2 Å². The maximum absolute atomic E-state index is 9.64. The summed E-state index contributed by atoms with van der Waals surface area (Å²) in [7, 11) is 0. The van der Waals surface area contributed by atoms with E-state index in [9.17, 15) is 20.4 Å². The number of aliphatic hydroxyl groups excluding tert-OH is 4. The van der Waals surface area contributed by atoms with E-state index in [4.69, 9.17) is 28.9 Å². The minimum Gasteiger partial charge on any atom is -0.390 e. The van der Waals surface area contributed by atoms with E-state index in [-0.39, 0.29) is 12.3 Å². The van der Waals surface area contributed by atoms with Crippen LogP contribution in [0.3, 0.4) is 0 Å². The van der Waals surface area contributed by atoms with E-state index in [2.05, 4.69) is 0 Å². The Bertz CT molecular complexity index is 199. The molecule has 0 bridgehead atoms. The summed E-state index contributed by atoms with van der Waals surface area (Å²) in [5, 5.41) is 38.4. The summed E-state index contributed by atoms with van der Waals surface area (Å²) in [6.07, 6.45) is -4.34. The molecule has 0 aromatic carbocycles. The van der Waals surface area contributed by atoms with E-state index >= 15 is 0 Å². The van der Waals surface area contributed by atoms with Crippen LogP contribution in [-0.2, 0) is 0 Å². The molecule has 0 aromatic heterocycles. The fraction of sp³-hybridized carbons (Fsp3) is 1.00. The third kappa shape index (κ3) is 6.20. The highest BCUT2D eigenvalue weighted by Crippen LogP contribution is 2.13. The molecule has 0 spiro atoms. The third-order valence-corrected chi connectivity index (χ3v) is 3.09. The summed E-state index contributed by atoms with van der Waals surface area (Å²) < 4.78 is 0. The Morgan fingerprint density at radius 2 is 1.41 bits per heavy atom. The van der Waals surface area contributed by atoms with Gasteiger partial charge in [0.25, 0.3) is 0 Å². The number of alkyl halides is 2. The summed E-state index contributed by atoms with van der Waals surface area (Å²) in [6, 6.07) is -0.739.